The Labute approximate surface area is 141 Å². The number of ether oxygens (including phenoxy) is 1. The van der Waals surface area contributed by atoms with Crippen LogP contribution in [0.15, 0.2) is 18.3 Å². The van der Waals surface area contributed by atoms with E-state index in [0.29, 0.717) is 31.1 Å². The van der Waals surface area contributed by atoms with E-state index >= 15 is 0 Å². The van der Waals surface area contributed by atoms with Crippen molar-refractivity contribution in [2.24, 2.45) is 0 Å². The molecular weight excluding hydrogens is 308 g/mol. The van der Waals surface area contributed by atoms with Crippen LogP contribution < -0.4 is 5.73 Å². The SMILES string of the molecule is COCCN1CCCC2(CCCN2C(=O)c2ccc(N)nc2)C1=O. The molecule has 2 N–H and O–H groups in total. The second-order valence-corrected chi connectivity index (χ2v) is 6.45. The van der Waals surface area contributed by atoms with Crippen LogP contribution in [0, 0.1) is 0 Å². The second kappa shape index (κ2) is 6.76. The fraction of sp³-hybridized carbons (Fsp3) is 0.588. The van der Waals surface area contributed by atoms with Crippen molar-refractivity contribution in [3.05, 3.63) is 23.9 Å². The maximum Gasteiger partial charge on any atom is 0.256 e. The van der Waals surface area contributed by atoms with E-state index in [2.05, 4.69) is 4.98 Å². The Hall–Kier alpha value is -2.15. The van der Waals surface area contributed by atoms with Gasteiger partial charge < -0.3 is 20.3 Å². The van der Waals surface area contributed by atoms with Gasteiger partial charge in [-0.25, -0.2) is 4.98 Å². The van der Waals surface area contributed by atoms with E-state index in [4.69, 9.17) is 10.5 Å². The molecule has 2 aliphatic rings. The number of carbonyl (C=O) groups excluding carboxylic acids is 2. The molecule has 130 valence electrons. The molecule has 1 spiro atoms. The maximum atomic E-state index is 13.1. The van der Waals surface area contributed by atoms with E-state index in [1.54, 1.807) is 24.1 Å². The van der Waals surface area contributed by atoms with Crippen LogP contribution in [0.5, 0.6) is 0 Å². The lowest BCUT2D eigenvalue weighted by Gasteiger charge is -2.44. The number of rotatable bonds is 4. The molecule has 7 heteroatoms. The predicted octanol–water partition coefficient (Wildman–Crippen LogP) is 0.907. The quantitative estimate of drug-likeness (QED) is 0.885. The Kier molecular flexibility index (Phi) is 4.71. The monoisotopic (exact) mass is 332 g/mol. The largest absolute Gasteiger partial charge is 0.384 e. The number of methoxy groups -OCH3 is 1. The number of likely N-dealkylation sites (tertiary alicyclic amines) is 2. The van der Waals surface area contributed by atoms with E-state index < -0.39 is 5.54 Å². The van der Waals surface area contributed by atoms with Crippen LogP contribution in [0.3, 0.4) is 0 Å². The van der Waals surface area contributed by atoms with E-state index in [1.807, 2.05) is 4.90 Å². The number of pyridine rings is 1. The van der Waals surface area contributed by atoms with Gasteiger partial charge in [-0.05, 0) is 37.8 Å². The van der Waals surface area contributed by atoms with Crippen LogP contribution in [0.2, 0.25) is 0 Å². The Morgan fingerprint density at radius 1 is 1.33 bits per heavy atom. The highest BCUT2D eigenvalue weighted by atomic mass is 16.5. The molecule has 3 heterocycles. The molecule has 0 bridgehead atoms. The highest BCUT2D eigenvalue weighted by molar-refractivity contribution is 6.00. The number of amides is 2. The Balaban J connectivity index is 1.84. The van der Waals surface area contributed by atoms with Gasteiger partial charge in [-0.3, -0.25) is 9.59 Å². The summed E-state index contributed by atoms with van der Waals surface area (Å²) in [7, 11) is 1.63. The van der Waals surface area contributed by atoms with Crippen LogP contribution in [0.25, 0.3) is 0 Å². The van der Waals surface area contributed by atoms with Crippen molar-refractivity contribution in [3.8, 4) is 0 Å². The van der Waals surface area contributed by atoms with E-state index in [1.165, 1.54) is 6.20 Å². The molecule has 0 aliphatic carbocycles. The first-order valence-corrected chi connectivity index (χ1v) is 8.40. The summed E-state index contributed by atoms with van der Waals surface area (Å²) in [6.45, 7) is 2.42. The van der Waals surface area contributed by atoms with Gasteiger partial charge in [0.05, 0.1) is 12.2 Å². The summed E-state index contributed by atoms with van der Waals surface area (Å²) in [6.07, 6.45) is 4.68. The maximum absolute atomic E-state index is 13.1. The molecular formula is C17H24N4O3. The number of anilines is 1. The number of aromatic nitrogens is 1. The zero-order valence-corrected chi connectivity index (χ0v) is 14.0. The molecule has 7 nitrogen and oxygen atoms in total. The van der Waals surface area contributed by atoms with Crippen LogP contribution in [0.4, 0.5) is 5.82 Å². The normalized spacial score (nSPS) is 24.0. The third-order valence-corrected chi connectivity index (χ3v) is 5.04. The van der Waals surface area contributed by atoms with Crippen LogP contribution in [0.1, 0.15) is 36.0 Å². The van der Waals surface area contributed by atoms with Crippen LogP contribution in [-0.2, 0) is 9.53 Å². The summed E-state index contributed by atoms with van der Waals surface area (Å²) >= 11 is 0. The molecule has 2 aliphatic heterocycles. The number of nitrogen functional groups attached to an aromatic ring is 1. The van der Waals surface area contributed by atoms with Crippen molar-refractivity contribution >= 4 is 17.6 Å². The number of carbonyl (C=O) groups is 2. The summed E-state index contributed by atoms with van der Waals surface area (Å²) in [4.78, 5) is 33.6. The average molecular weight is 332 g/mol. The lowest BCUT2D eigenvalue weighted by Crippen LogP contribution is -2.61. The third-order valence-electron chi connectivity index (χ3n) is 5.04. The highest BCUT2D eigenvalue weighted by Gasteiger charge is 2.52. The standard InChI is InChI=1S/C17H24N4O3/c1-24-11-10-20-8-2-6-17(16(20)23)7-3-9-21(17)15(22)13-4-5-14(18)19-12-13/h4-5,12H,2-3,6-11H2,1H3,(H2,18,19). The van der Waals surface area contributed by atoms with Gasteiger partial charge in [-0.1, -0.05) is 0 Å². The molecule has 2 saturated heterocycles. The van der Waals surface area contributed by atoms with Crippen molar-refractivity contribution in [1.82, 2.24) is 14.8 Å². The van der Waals surface area contributed by atoms with Gasteiger partial charge in [-0.2, -0.15) is 0 Å². The molecule has 1 atom stereocenters. The van der Waals surface area contributed by atoms with Gasteiger partial charge in [0.15, 0.2) is 0 Å². The van der Waals surface area contributed by atoms with Crippen molar-refractivity contribution in [1.29, 1.82) is 0 Å². The van der Waals surface area contributed by atoms with Gasteiger partial charge >= 0.3 is 0 Å². The van der Waals surface area contributed by atoms with Crippen LogP contribution in [-0.4, -0.2) is 65.5 Å². The first-order valence-electron chi connectivity index (χ1n) is 8.40. The van der Waals surface area contributed by atoms with Crippen molar-refractivity contribution in [2.75, 3.05) is 39.1 Å². The molecule has 1 aromatic rings. The van der Waals surface area contributed by atoms with E-state index in [9.17, 15) is 9.59 Å². The molecule has 1 unspecified atom stereocenters. The summed E-state index contributed by atoms with van der Waals surface area (Å²) in [5, 5.41) is 0. The average Bonchev–Trinajstić information content (AvgIpc) is 3.01. The van der Waals surface area contributed by atoms with Crippen molar-refractivity contribution in [2.45, 2.75) is 31.2 Å². The Morgan fingerprint density at radius 3 is 2.75 bits per heavy atom. The zero-order chi connectivity index (χ0) is 17.2. The first kappa shape index (κ1) is 16.7. The minimum absolute atomic E-state index is 0.0556. The fourth-order valence-corrected chi connectivity index (χ4v) is 3.82. The lowest BCUT2D eigenvalue weighted by molar-refractivity contribution is -0.146. The molecule has 0 radical (unpaired) electrons. The molecule has 0 saturated carbocycles. The first-order chi connectivity index (χ1) is 11.6. The minimum Gasteiger partial charge on any atom is -0.384 e. The summed E-state index contributed by atoms with van der Waals surface area (Å²) in [5.74, 6) is 0.296. The molecule has 0 aromatic carbocycles. The summed E-state index contributed by atoms with van der Waals surface area (Å²) in [6, 6.07) is 3.29. The fourth-order valence-electron chi connectivity index (χ4n) is 3.82. The summed E-state index contributed by atoms with van der Waals surface area (Å²) < 4.78 is 5.10. The number of hydrogen-bond acceptors (Lipinski definition) is 5. The highest BCUT2D eigenvalue weighted by Crippen LogP contribution is 2.39. The van der Waals surface area contributed by atoms with Gasteiger partial charge in [-0.15, -0.1) is 0 Å². The third kappa shape index (κ3) is 2.84. The van der Waals surface area contributed by atoms with Crippen molar-refractivity contribution in [3.63, 3.8) is 0 Å². The predicted molar refractivity (Wildman–Crippen MR) is 89.3 cm³/mol. The molecule has 2 amide bonds. The number of nitrogens with zero attached hydrogens (tertiary/aromatic N) is 3. The van der Waals surface area contributed by atoms with E-state index in [-0.39, 0.29) is 11.8 Å². The van der Waals surface area contributed by atoms with Gasteiger partial charge in [0.2, 0.25) is 5.91 Å². The molecule has 24 heavy (non-hydrogen) atoms. The molecule has 2 fully saturated rings. The number of nitrogens with two attached hydrogens (primary N) is 1. The van der Waals surface area contributed by atoms with Gasteiger partial charge in [0, 0.05) is 32.9 Å². The topological polar surface area (TPSA) is 88.8 Å². The lowest BCUT2D eigenvalue weighted by atomic mass is 9.85. The smallest absolute Gasteiger partial charge is 0.256 e. The van der Waals surface area contributed by atoms with Crippen molar-refractivity contribution < 1.29 is 14.3 Å². The number of hydrogen-bond donors (Lipinski definition) is 1. The second-order valence-electron chi connectivity index (χ2n) is 6.45. The van der Waals surface area contributed by atoms with Gasteiger partial charge in [0.25, 0.3) is 5.91 Å². The minimum atomic E-state index is -0.704. The molecule has 3 rings (SSSR count). The Bertz CT molecular complexity index is 619. The summed E-state index contributed by atoms with van der Waals surface area (Å²) in [5.41, 5.74) is 5.37. The zero-order valence-electron chi connectivity index (χ0n) is 14.0. The number of piperidine rings is 1. The van der Waals surface area contributed by atoms with Crippen LogP contribution >= 0.6 is 0 Å². The molecule has 1 aromatic heterocycles. The van der Waals surface area contributed by atoms with E-state index in [0.717, 1.165) is 32.2 Å². The van der Waals surface area contributed by atoms with Gasteiger partial charge in [0.1, 0.15) is 11.4 Å². The Morgan fingerprint density at radius 2 is 2.08 bits per heavy atom.